The molecule has 13 nitrogen and oxygen atoms in total. The first kappa shape index (κ1) is 47.1. The standard InChI is InChI=1S/C44H68N4O9/c1-32(48(46)38-31-35(49-9)13-16-41(38)50-10)42(45)36-29-33(43(2,3)4)11-14-39(36)56-27-25-54-23-21-52-19-17-51-18-20-53-22-24-55-26-28-57-40-15-12-34(44(5,6)7)30-37(40)47-8/h11-16,29-31,47H,17-28,45-46H2,1-10H3/b42-32-. The topological polar surface area (TPSA) is 150 Å². The summed E-state index contributed by atoms with van der Waals surface area (Å²) in [6, 6.07) is 17.7. The lowest BCUT2D eigenvalue weighted by atomic mass is 9.85. The van der Waals surface area contributed by atoms with Crippen molar-refractivity contribution in [1.82, 2.24) is 0 Å². The van der Waals surface area contributed by atoms with Crippen LogP contribution in [0.25, 0.3) is 5.70 Å². The number of hydrazine groups is 1. The van der Waals surface area contributed by atoms with Crippen molar-refractivity contribution in [3.63, 3.8) is 0 Å². The van der Waals surface area contributed by atoms with Crippen molar-refractivity contribution in [1.29, 1.82) is 0 Å². The molecular formula is C44H68N4O9. The summed E-state index contributed by atoms with van der Waals surface area (Å²) in [5, 5.41) is 4.71. The number of methoxy groups -OCH3 is 2. The van der Waals surface area contributed by atoms with Gasteiger partial charge in [0.2, 0.25) is 0 Å². The first-order valence-electron chi connectivity index (χ1n) is 19.6. The lowest BCUT2D eigenvalue weighted by Crippen LogP contribution is -2.31. The number of hydrogen-bond acceptors (Lipinski definition) is 13. The molecule has 0 amide bonds. The molecule has 3 aromatic rings. The molecular weight excluding hydrogens is 729 g/mol. The van der Waals surface area contributed by atoms with Gasteiger partial charge in [-0.3, -0.25) is 5.01 Å². The summed E-state index contributed by atoms with van der Waals surface area (Å²) in [4.78, 5) is 0. The van der Waals surface area contributed by atoms with Gasteiger partial charge in [0.15, 0.2) is 0 Å². The molecule has 0 radical (unpaired) electrons. The van der Waals surface area contributed by atoms with E-state index in [0.29, 0.717) is 114 Å². The third-order valence-corrected chi connectivity index (χ3v) is 9.11. The quantitative estimate of drug-likeness (QED) is 0.0439. The van der Waals surface area contributed by atoms with E-state index >= 15 is 0 Å². The molecule has 13 heteroatoms. The molecule has 5 N–H and O–H groups in total. The van der Waals surface area contributed by atoms with E-state index < -0.39 is 0 Å². The fourth-order valence-corrected chi connectivity index (χ4v) is 5.54. The van der Waals surface area contributed by atoms with E-state index in [1.165, 1.54) is 10.6 Å². The summed E-state index contributed by atoms with van der Waals surface area (Å²) >= 11 is 0. The molecule has 3 rings (SSSR count). The number of rotatable bonds is 26. The predicted molar refractivity (Wildman–Crippen MR) is 228 cm³/mol. The summed E-state index contributed by atoms with van der Waals surface area (Å²) in [5.74, 6) is 9.27. The Balaban J connectivity index is 1.28. The van der Waals surface area contributed by atoms with Gasteiger partial charge >= 0.3 is 0 Å². The number of allylic oxidation sites excluding steroid dienone is 1. The van der Waals surface area contributed by atoms with Gasteiger partial charge in [0.25, 0.3) is 0 Å². The Morgan fingerprint density at radius 3 is 1.47 bits per heavy atom. The van der Waals surface area contributed by atoms with E-state index in [1.54, 1.807) is 26.4 Å². The van der Waals surface area contributed by atoms with Gasteiger partial charge in [-0.05, 0) is 65.3 Å². The van der Waals surface area contributed by atoms with Crippen LogP contribution < -0.4 is 40.8 Å². The second kappa shape index (κ2) is 23.9. The van der Waals surface area contributed by atoms with Crippen LogP contribution in [-0.4, -0.2) is 101 Å². The molecule has 0 aromatic heterocycles. The molecule has 318 valence electrons. The number of ether oxygens (including phenoxy) is 9. The number of nitrogens with one attached hydrogen (secondary N) is 1. The van der Waals surface area contributed by atoms with E-state index in [1.807, 2.05) is 32.2 Å². The van der Waals surface area contributed by atoms with Crippen molar-refractivity contribution in [3.05, 3.63) is 77.0 Å². The molecule has 0 atom stereocenters. The molecule has 0 spiro atoms. The van der Waals surface area contributed by atoms with Gasteiger partial charge in [-0.2, -0.15) is 0 Å². The largest absolute Gasteiger partial charge is 0.497 e. The van der Waals surface area contributed by atoms with Crippen molar-refractivity contribution in [3.8, 4) is 23.0 Å². The minimum absolute atomic E-state index is 0.0779. The maximum absolute atomic E-state index is 6.79. The molecule has 0 saturated carbocycles. The maximum atomic E-state index is 6.79. The average molecular weight is 797 g/mol. The summed E-state index contributed by atoms with van der Waals surface area (Å²) < 4.78 is 51.2. The van der Waals surface area contributed by atoms with E-state index in [4.69, 9.17) is 54.2 Å². The minimum Gasteiger partial charge on any atom is -0.497 e. The van der Waals surface area contributed by atoms with Crippen LogP contribution in [0.3, 0.4) is 0 Å². The lowest BCUT2D eigenvalue weighted by Gasteiger charge is -2.26. The Morgan fingerprint density at radius 1 is 0.579 bits per heavy atom. The van der Waals surface area contributed by atoms with Gasteiger partial charge in [-0.15, -0.1) is 0 Å². The van der Waals surface area contributed by atoms with Crippen molar-refractivity contribution >= 4 is 17.1 Å². The van der Waals surface area contributed by atoms with Crippen LogP contribution >= 0.6 is 0 Å². The van der Waals surface area contributed by atoms with Gasteiger partial charge < -0.3 is 53.7 Å². The normalized spacial score (nSPS) is 12.3. The van der Waals surface area contributed by atoms with Gasteiger partial charge in [0, 0.05) is 18.7 Å². The van der Waals surface area contributed by atoms with Gasteiger partial charge in [0.05, 0.1) is 97.4 Å². The second-order valence-corrected chi connectivity index (χ2v) is 15.3. The van der Waals surface area contributed by atoms with Crippen LogP contribution in [0.2, 0.25) is 0 Å². The van der Waals surface area contributed by atoms with Crippen LogP contribution in [0, 0.1) is 0 Å². The Bertz CT molecular complexity index is 1670. The van der Waals surface area contributed by atoms with Crippen LogP contribution in [-0.2, 0) is 34.5 Å². The third-order valence-electron chi connectivity index (χ3n) is 9.11. The van der Waals surface area contributed by atoms with Gasteiger partial charge in [0.1, 0.15) is 41.9 Å². The molecule has 0 fully saturated rings. The summed E-state index contributed by atoms with van der Waals surface area (Å²) in [5.41, 5.74) is 12.5. The third kappa shape index (κ3) is 15.6. The molecule has 0 heterocycles. The Morgan fingerprint density at radius 2 is 1.02 bits per heavy atom. The maximum Gasteiger partial charge on any atom is 0.144 e. The Labute approximate surface area is 340 Å². The fraction of sp³-hybridized carbons (Fsp3) is 0.545. The first-order valence-corrected chi connectivity index (χ1v) is 19.6. The zero-order valence-corrected chi connectivity index (χ0v) is 36.0. The molecule has 0 bridgehead atoms. The Kier molecular flexibility index (Phi) is 19.7. The molecule has 3 aromatic carbocycles. The number of nitrogens with zero attached hydrogens (tertiary/aromatic N) is 1. The molecule has 0 aliphatic carbocycles. The van der Waals surface area contributed by atoms with Crippen molar-refractivity contribution in [2.75, 3.05) is 111 Å². The van der Waals surface area contributed by atoms with E-state index in [0.717, 1.165) is 22.6 Å². The Hall–Kier alpha value is -4.24. The van der Waals surface area contributed by atoms with Crippen LogP contribution in [0.15, 0.2) is 60.3 Å². The zero-order chi connectivity index (χ0) is 41.8. The van der Waals surface area contributed by atoms with Crippen LogP contribution in [0.4, 0.5) is 11.4 Å². The number of nitrogens with two attached hydrogens (primary N) is 2. The highest BCUT2D eigenvalue weighted by molar-refractivity contribution is 5.76. The first-order chi connectivity index (χ1) is 27.2. The van der Waals surface area contributed by atoms with E-state index in [9.17, 15) is 0 Å². The molecule has 0 unspecified atom stereocenters. The number of anilines is 2. The molecule has 57 heavy (non-hydrogen) atoms. The summed E-state index contributed by atoms with van der Waals surface area (Å²) in [6.07, 6.45) is 0. The van der Waals surface area contributed by atoms with Gasteiger partial charge in [-0.1, -0.05) is 53.7 Å². The average Bonchev–Trinajstić information content (AvgIpc) is 3.19. The van der Waals surface area contributed by atoms with Crippen LogP contribution in [0.5, 0.6) is 23.0 Å². The van der Waals surface area contributed by atoms with Crippen molar-refractivity contribution in [2.24, 2.45) is 11.6 Å². The molecule has 0 saturated heterocycles. The number of hydrogen-bond donors (Lipinski definition) is 3. The van der Waals surface area contributed by atoms with E-state index in [2.05, 4.69) is 71.1 Å². The molecule has 0 aliphatic rings. The van der Waals surface area contributed by atoms with E-state index in [-0.39, 0.29) is 10.8 Å². The monoisotopic (exact) mass is 796 g/mol. The summed E-state index contributed by atoms with van der Waals surface area (Å²) in [7, 11) is 5.09. The molecule has 0 aliphatic heterocycles. The highest BCUT2D eigenvalue weighted by Gasteiger charge is 2.21. The van der Waals surface area contributed by atoms with Crippen LogP contribution in [0.1, 0.15) is 65.2 Å². The smallest absolute Gasteiger partial charge is 0.144 e. The second-order valence-electron chi connectivity index (χ2n) is 15.3. The predicted octanol–water partition coefficient (Wildman–Crippen LogP) is 6.91. The zero-order valence-electron chi connectivity index (χ0n) is 36.0. The highest BCUT2D eigenvalue weighted by Crippen LogP contribution is 2.36. The lowest BCUT2D eigenvalue weighted by molar-refractivity contribution is -0.0141. The SMILES string of the molecule is CNc1cc(C(C)(C)C)ccc1OCCOCCOCCOCCOCCOCCOc1ccc(C(C)(C)C)cc1/C(N)=C(\C)N(N)c1cc(OC)ccc1OC. The number of benzene rings is 3. The highest BCUT2D eigenvalue weighted by atomic mass is 16.6. The summed E-state index contributed by atoms with van der Waals surface area (Å²) in [6.45, 7) is 20.3. The minimum atomic E-state index is -0.105. The van der Waals surface area contributed by atoms with Gasteiger partial charge in [-0.25, -0.2) is 5.84 Å². The van der Waals surface area contributed by atoms with Crippen molar-refractivity contribution in [2.45, 2.75) is 59.3 Å². The fourth-order valence-electron chi connectivity index (χ4n) is 5.54. The van der Waals surface area contributed by atoms with Crippen molar-refractivity contribution < 1.29 is 42.6 Å².